The molecule has 1 amide bonds. The monoisotopic (exact) mass is 369 g/mol. The number of carbonyl (C=O) groups is 1. The first-order chi connectivity index (χ1) is 12.3. The number of hydrogen-bond donors (Lipinski definition) is 1. The summed E-state index contributed by atoms with van der Waals surface area (Å²) in [5, 5.41) is 2.87. The van der Waals surface area contributed by atoms with Gasteiger partial charge in [-0.05, 0) is 36.8 Å². The fourth-order valence-electron chi connectivity index (χ4n) is 2.60. The minimum atomic E-state index is -3.37. The normalized spacial score (nSPS) is 11.3. The number of aromatic nitrogens is 2. The van der Waals surface area contributed by atoms with Crippen molar-refractivity contribution in [3.05, 3.63) is 77.9 Å². The van der Waals surface area contributed by atoms with Gasteiger partial charge in [-0.3, -0.25) is 4.79 Å². The highest BCUT2D eigenvalue weighted by Gasteiger charge is 2.13. The van der Waals surface area contributed by atoms with E-state index in [1.165, 1.54) is 12.1 Å². The summed E-state index contributed by atoms with van der Waals surface area (Å²) in [5.74, 6) is 0.525. The van der Waals surface area contributed by atoms with Crippen molar-refractivity contribution in [3.63, 3.8) is 0 Å². The predicted molar refractivity (Wildman–Crippen MR) is 100 cm³/mol. The Morgan fingerprint density at radius 2 is 1.92 bits per heavy atom. The number of aryl methyl sites for hydroxylation is 1. The largest absolute Gasteiger partial charge is 0.331 e. The second-order valence-electron chi connectivity index (χ2n) is 6.01. The Morgan fingerprint density at radius 3 is 2.62 bits per heavy atom. The van der Waals surface area contributed by atoms with Gasteiger partial charge < -0.3 is 9.88 Å². The Labute approximate surface area is 152 Å². The Kier molecular flexibility index (Phi) is 4.90. The number of carbonyl (C=O) groups excluding carboxylic acids is 1. The standard InChI is InChI=1S/C19H19N3O3S/c1-14-20-10-11-22(14)13-16-6-3-4-9-18(16)21-19(23)15-7-5-8-17(12-15)26(2,24)25/h3-12H,13H2,1-2H3,(H,21,23). The van der Waals surface area contributed by atoms with Gasteiger partial charge in [0, 0.05) is 29.9 Å². The minimum Gasteiger partial charge on any atom is -0.331 e. The van der Waals surface area contributed by atoms with Crippen molar-refractivity contribution < 1.29 is 13.2 Å². The average molecular weight is 369 g/mol. The number of para-hydroxylation sites is 1. The molecule has 0 aliphatic carbocycles. The SMILES string of the molecule is Cc1nccn1Cc1ccccc1NC(=O)c1cccc(S(C)(=O)=O)c1. The van der Waals surface area contributed by atoms with E-state index < -0.39 is 9.84 Å². The van der Waals surface area contributed by atoms with E-state index in [9.17, 15) is 13.2 Å². The smallest absolute Gasteiger partial charge is 0.255 e. The van der Waals surface area contributed by atoms with Crippen LogP contribution in [0.15, 0.2) is 65.8 Å². The van der Waals surface area contributed by atoms with Crippen molar-refractivity contribution in [3.8, 4) is 0 Å². The predicted octanol–water partition coefficient (Wildman–Crippen LogP) is 2.90. The van der Waals surface area contributed by atoms with Gasteiger partial charge in [0.05, 0.1) is 11.4 Å². The highest BCUT2D eigenvalue weighted by molar-refractivity contribution is 7.90. The Hall–Kier alpha value is -2.93. The van der Waals surface area contributed by atoms with E-state index in [0.29, 0.717) is 17.8 Å². The third kappa shape index (κ3) is 4.00. The van der Waals surface area contributed by atoms with Crippen molar-refractivity contribution in [2.75, 3.05) is 11.6 Å². The molecule has 0 atom stereocenters. The molecule has 6 nitrogen and oxygen atoms in total. The van der Waals surface area contributed by atoms with Gasteiger partial charge >= 0.3 is 0 Å². The lowest BCUT2D eigenvalue weighted by molar-refractivity contribution is 0.102. The van der Waals surface area contributed by atoms with Crippen LogP contribution in [0.4, 0.5) is 5.69 Å². The molecule has 1 aromatic heterocycles. The van der Waals surface area contributed by atoms with Gasteiger partial charge in [-0.1, -0.05) is 24.3 Å². The maximum absolute atomic E-state index is 12.6. The zero-order chi connectivity index (χ0) is 18.7. The van der Waals surface area contributed by atoms with Gasteiger partial charge in [0.25, 0.3) is 5.91 Å². The average Bonchev–Trinajstić information content (AvgIpc) is 3.01. The first-order valence-corrected chi connectivity index (χ1v) is 9.91. The lowest BCUT2D eigenvalue weighted by Crippen LogP contribution is -2.15. The number of amides is 1. The van der Waals surface area contributed by atoms with E-state index in [1.807, 2.05) is 42.0 Å². The molecule has 7 heteroatoms. The maximum Gasteiger partial charge on any atom is 0.255 e. The molecule has 0 fully saturated rings. The minimum absolute atomic E-state index is 0.118. The number of sulfone groups is 1. The van der Waals surface area contributed by atoms with Crippen LogP contribution in [0, 0.1) is 6.92 Å². The molecule has 3 rings (SSSR count). The molecule has 2 aromatic carbocycles. The Morgan fingerprint density at radius 1 is 1.15 bits per heavy atom. The number of benzene rings is 2. The second-order valence-corrected chi connectivity index (χ2v) is 8.03. The van der Waals surface area contributed by atoms with Crippen molar-refractivity contribution >= 4 is 21.4 Å². The van der Waals surface area contributed by atoms with Crippen molar-refractivity contribution in [2.24, 2.45) is 0 Å². The highest BCUT2D eigenvalue weighted by atomic mass is 32.2. The summed E-state index contributed by atoms with van der Waals surface area (Å²) >= 11 is 0. The summed E-state index contributed by atoms with van der Waals surface area (Å²) < 4.78 is 25.4. The van der Waals surface area contributed by atoms with Gasteiger partial charge in [0.15, 0.2) is 9.84 Å². The van der Waals surface area contributed by atoms with Crippen LogP contribution in [-0.2, 0) is 16.4 Å². The molecule has 0 saturated heterocycles. The van der Waals surface area contributed by atoms with Gasteiger partial charge in [-0.2, -0.15) is 0 Å². The van der Waals surface area contributed by atoms with Gasteiger partial charge in [-0.15, -0.1) is 0 Å². The van der Waals surface area contributed by atoms with E-state index in [4.69, 9.17) is 0 Å². The fraction of sp³-hybridized carbons (Fsp3) is 0.158. The van der Waals surface area contributed by atoms with E-state index in [1.54, 1.807) is 18.3 Å². The molecule has 0 spiro atoms. The Bertz CT molecular complexity index is 1060. The quantitative estimate of drug-likeness (QED) is 0.750. The van der Waals surface area contributed by atoms with E-state index in [0.717, 1.165) is 17.6 Å². The summed E-state index contributed by atoms with van der Waals surface area (Å²) in [6.07, 6.45) is 4.73. The molecule has 0 bridgehead atoms. The zero-order valence-electron chi connectivity index (χ0n) is 14.5. The molecule has 0 aliphatic rings. The van der Waals surface area contributed by atoms with Crippen LogP contribution in [0.1, 0.15) is 21.7 Å². The maximum atomic E-state index is 12.6. The topological polar surface area (TPSA) is 81.1 Å². The molecule has 0 radical (unpaired) electrons. The summed E-state index contributed by atoms with van der Waals surface area (Å²) in [4.78, 5) is 16.9. The van der Waals surface area contributed by atoms with Crippen LogP contribution in [0.25, 0.3) is 0 Å². The lowest BCUT2D eigenvalue weighted by atomic mass is 10.1. The number of anilines is 1. The van der Waals surface area contributed by atoms with Crippen molar-refractivity contribution in [2.45, 2.75) is 18.4 Å². The Balaban J connectivity index is 1.86. The van der Waals surface area contributed by atoms with E-state index >= 15 is 0 Å². The molecule has 0 unspecified atom stereocenters. The number of rotatable bonds is 5. The fourth-order valence-corrected chi connectivity index (χ4v) is 3.26. The van der Waals surface area contributed by atoms with Crippen LogP contribution in [0.5, 0.6) is 0 Å². The van der Waals surface area contributed by atoms with Crippen LogP contribution in [-0.4, -0.2) is 30.1 Å². The molecule has 3 aromatic rings. The molecule has 1 N–H and O–H groups in total. The first-order valence-electron chi connectivity index (χ1n) is 8.02. The summed E-state index contributed by atoms with van der Waals surface area (Å²) in [6, 6.07) is 13.5. The summed E-state index contributed by atoms with van der Waals surface area (Å²) in [7, 11) is -3.37. The molecular weight excluding hydrogens is 350 g/mol. The number of imidazole rings is 1. The molecule has 134 valence electrons. The van der Waals surface area contributed by atoms with Crippen molar-refractivity contribution in [1.29, 1.82) is 0 Å². The highest BCUT2D eigenvalue weighted by Crippen LogP contribution is 2.19. The van der Waals surface area contributed by atoms with Crippen LogP contribution >= 0.6 is 0 Å². The molecule has 26 heavy (non-hydrogen) atoms. The first kappa shape index (κ1) is 17.9. The lowest BCUT2D eigenvalue weighted by Gasteiger charge is -2.13. The van der Waals surface area contributed by atoms with E-state index in [-0.39, 0.29) is 10.8 Å². The van der Waals surface area contributed by atoms with Crippen LogP contribution in [0.2, 0.25) is 0 Å². The zero-order valence-corrected chi connectivity index (χ0v) is 15.3. The molecule has 1 heterocycles. The summed E-state index contributed by atoms with van der Waals surface area (Å²) in [5.41, 5.74) is 1.90. The molecule has 0 aliphatic heterocycles. The van der Waals surface area contributed by atoms with Crippen LogP contribution < -0.4 is 5.32 Å². The molecular formula is C19H19N3O3S. The van der Waals surface area contributed by atoms with E-state index in [2.05, 4.69) is 10.3 Å². The summed E-state index contributed by atoms with van der Waals surface area (Å²) in [6.45, 7) is 2.49. The number of nitrogens with one attached hydrogen (secondary N) is 1. The van der Waals surface area contributed by atoms with Gasteiger partial charge in [0.1, 0.15) is 5.82 Å². The number of nitrogens with zero attached hydrogens (tertiary/aromatic N) is 2. The van der Waals surface area contributed by atoms with Gasteiger partial charge in [-0.25, -0.2) is 13.4 Å². The van der Waals surface area contributed by atoms with Crippen LogP contribution in [0.3, 0.4) is 0 Å². The van der Waals surface area contributed by atoms with Gasteiger partial charge in [0.2, 0.25) is 0 Å². The second kappa shape index (κ2) is 7.13. The molecule has 0 saturated carbocycles. The number of hydrogen-bond acceptors (Lipinski definition) is 4. The third-order valence-electron chi connectivity index (χ3n) is 4.05. The van der Waals surface area contributed by atoms with Crippen molar-refractivity contribution in [1.82, 2.24) is 9.55 Å². The third-order valence-corrected chi connectivity index (χ3v) is 5.16.